The Morgan fingerprint density at radius 3 is 2.17 bits per heavy atom. The summed E-state index contributed by atoms with van der Waals surface area (Å²) >= 11 is 0. The molecule has 2 aliphatic rings. The summed E-state index contributed by atoms with van der Waals surface area (Å²) < 4.78 is 39.9. The van der Waals surface area contributed by atoms with Crippen molar-refractivity contribution in [1.82, 2.24) is 15.1 Å². The maximum Gasteiger partial charge on any atom is 0.250 e. The molecule has 4 rings (SSSR count). The number of hydrogen-bond donors (Lipinski definition) is 1. The van der Waals surface area contributed by atoms with Crippen LogP contribution >= 0.6 is 0 Å². The second-order valence-corrected chi connectivity index (χ2v) is 11.2. The Bertz CT molecular complexity index is 1220. The van der Waals surface area contributed by atoms with Gasteiger partial charge in [-0.3, -0.25) is 14.4 Å². The van der Waals surface area contributed by atoms with E-state index in [1.54, 1.807) is 0 Å². The van der Waals surface area contributed by atoms with Gasteiger partial charge in [0.15, 0.2) is 0 Å². The molecule has 2 aromatic rings. The van der Waals surface area contributed by atoms with Crippen LogP contribution in [0, 0.1) is 23.5 Å². The number of carbonyl (C=O) groups excluding carboxylic acids is 3. The van der Waals surface area contributed by atoms with Crippen LogP contribution in [0.3, 0.4) is 0 Å². The summed E-state index contributed by atoms with van der Waals surface area (Å²) in [4.78, 5) is 45.2. The number of halogens is 2. The maximum atomic E-state index is 15.5. The second kappa shape index (κ2) is 13.5. The Morgan fingerprint density at radius 2 is 1.63 bits per heavy atom. The minimum Gasteiger partial charge on any atom is -0.383 e. The predicted octanol–water partition coefficient (Wildman–Crippen LogP) is 3.28. The lowest BCUT2D eigenvalue weighted by molar-refractivity contribution is -0.160. The molecule has 1 fully saturated rings. The molecule has 0 spiro atoms. The Hall–Kier alpha value is -3.37. The number of ether oxygens (including phenoxy) is 2. The molecule has 1 heterocycles. The molecule has 1 aliphatic carbocycles. The van der Waals surface area contributed by atoms with Crippen LogP contribution < -0.4 is 5.32 Å². The van der Waals surface area contributed by atoms with Gasteiger partial charge in [0, 0.05) is 38.9 Å². The molecule has 1 N–H and O–H groups in total. The number of methoxy groups -OCH3 is 2. The van der Waals surface area contributed by atoms with E-state index in [2.05, 4.69) is 5.32 Å². The van der Waals surface area contributed by atoms with Crippen molar-refractivity contribution in [3.05, 3.63) is 70.8 Å². The van der Waals surface area contributed by atoms with Crippen LogP contribution in [0.1, 0.15) is 43.0 Å². The molecule has 41 heavy (non-hydrogen) atoms. The monoisotopic (exact) mass is 571 g/mol. The van der Waals surface area contributed by atoms with E-state index in [4.69, 9.17) is 9.47 Å². The van der Waals surface area contributed by atoms with Gasteiger partial charge in [-0.05, 0) is 48.3 Å². The highest BCUT2D eigenvalue weighted by Crippen LogP contribution is 2.36. The van der Waals surface area contributed by atoms with Gasteiger partial charge in [-0.15, -0.1) is 0 Å². The molecule has 3 amide bonds. The van der Waals surface area contributed by atoms with Crippen molar-refractivity contribution >= 4 is 17.7 Å². The Kier molecular flexibility index (Phi) is 10.1. The van der Waals surface area contributed by atoms with Crippen molar-refractivity contribution in [1.29, 1.82) is 0 Å². The smallest absolute Gasteiger partial charge is 0.250 e. The number of nitrogens with zero attached hydrogens (tertiary/aromatic N) is 2. The molecule has 8 nitrogen and oxygen atoms in total. The van der Waals surface area contributed by atoms with E-state index < -0.39 is 41.6 Å². The average molecular weight is 572 g/mol. The molecule has 222 valence electrons. The highest BCUT2D eigenvalue weighted by Gasteiger charge is 2.50. The summed E-state index contributed by atoms with van der Waals surface area (Å²) in [6.45, 7) is 4.52. The van der Waals surface area contributed by atoms with E-state index in [1.165, 1.54) is 30.1 Å². The normalized spacial score (nSPS) is 19.8. The first-order valence-corrected chi connectivity index (χ1v) is 14.1. The number of nitrogens with one attached hydrogen (secondary N) is 1. The number of carbonyl (C=O) groups is 3. The lowest BCUT2D eigenvalue weighted by Gasteiger charge is -2.45. The Labute approximate surface area is 240 Å². The lowest BCUT2D eigenvalue weighted by atomic mass is 9.87. The van der Waals surface area contributed by atoms with Crippen molar-refractivity contribution in [2.45, 2.75) is 51.2 Å². The number of amides is 3. The third-order valence-corrected chi connectivity index (χ3v) is 7.92. The molecule has 0 saturated carbocycles. The molecule has 3 atom stereocenters. The van der Waals surface area contributed by atoms with Crippen LogP contribution in [0.4, 0.5) is 8.78 Å². The average Bonchev–Trinajstić information content (AvgIpc) is 3.37. The highest BCUT2D eigenvalue weighted by molar-refractivity contribution is 6.00. The molecule has 0 bridgehead atoms. The SMILES string of the molecule is COCCN(CCOC)C(=O)[C@@H](c1ccc(F)cc1F)N1C(=O)[C@@H](C2Cc3ccccc3C2)NC(=O)[C@H]1CC(C)C. The van der Waals surface area contributed by atoms with Crippen molar-refractivity contribution < 1.29 is 32.6 Å². The lowest BCUT2D eigenvalue weighted by Crippen LogP contribution is -2.67. The fourth-order valence-corrected chi connectivity index (χ4v) is 5.91. The standard InChI is InChI=1S/C31H39F2N3O5/c1-19(2)15-26-29(37)34-27(22-16-20-7-5-6-8-21(20)17-22)30(38)36(26)28(24-10-9-23(32)18-25(24)33)31(39)35(11-13-40-3)12-14-41-4/h5-10,18-19,22,26-28H,11-17H2,1-4H3,(H,34,37)/t26-,27-,28-/m1/s1. The predicted molar refractivity (Wildman–Crippen MR) is 149 cm³/mol. The third kappa shape index (κ3) is 6.76. The van der Waals surface area contributed by atoms with Gasteiger partial charge in [0.05, 0.1) is 13.2 Å². The molecule has 0 radical (unpaired) electrons. The van der Waals surface area contributed by atoms with Crippen LogP contribution in [0.25, 0.3) is 0 Å². The van der Waals surface area contributed by atoms with Crippen molar-refractivity contribution in [2.75, 3.05) is 40.5 Å². The van der Waals surface area contributed by atoms with Gasteiger partial charge >= 0.3 is 0 Å². The fraction of sp³-hybridized carbons (Fsp3) is 0.516. The summed E-state index contributed by atoms with van der Waals surface area (Å²) in [5.74, 6) is -3.44. The number of piperazine rings is 1. The summed E-state index contributed by atoms with van der Waals surface area (Å²) in [5, 5.41) is 2.95. The number of hydrogen-bond acceptors (Lipinski definition) is 5. The first-order valence-electron chi connectivity index (χ1n) is 14.1. The van der Waals surface area contributed by atoms with E-state index in [9.17, 15) is 18.8 Å². The summed E-state index contributed by atoms with van der Waals surface area (Å²) in [5.41, 5.74) is 2.05. The van der Waals surface area contributed by atoms with Crippen molar-refractivity contribution in [2.24, 2.45) is 11.8 Å². The molecular formula is C31H39F2N3O5. The van der Waals surface area contributed by atoms with Gasteiger partial charge in [-0.25, -0.2) is 8.78 Å². The zero-order valence-electron chi connectivity index (χ0n) is 24.1. The van der Waals surface area contributed by atoms with Crippen molar-refractivity contribution in [3.63, 3.8) is 0 Å². The quantitative estimate of drug-likeness (QED) is 0.423. The Balaban J connectivity index is 1.80. The first-order chi connectivity index (χ1) is 19.7. The van der Waals surface area contributed by atoms with Crippen LogP contribution in [0.15, 0.2) is 42.5 Å². The van der Waals surface area contributed by atoms with Crippen LogP contribution in [0.2, 0.25) is 0 Å². The molecule has 0 unspecified atom stereocenters. The Morgan fingerprint density at radius 1 is 1.02 bits per heavy atom. The zero-order chi connectivity index (χ0) is 29.7. The largest absolute Gasteiger partial charge is 0.383 e. The van der Waals surface area contributed by atoms with Crippen LogP contribution in [-0.2, 0) is 36.7 Å². The molecule has 1 aliphatic heterocycles. The zero-order valence-corrected chi connectivity index (χ0v) is 24.1. The van der Waals surface area contributed by atoms with E-state index >= 15 is 4.39 Å². The summed E-state index contributed by atoms with van der Waals surface area (Å²) in [7, 11) is 2.99. The minimum atomic E-state index is -1.49. The van der Waals surface area contributed by atoms with Gasteiger partial charge in [0.1, 0.15) is 29.8 Å². The van der Waals surface area contributed by atoms with Gasteiger partial charge in [0.2, 0.25) is 17.7 Å². The number of rotatable bonds is 12. The summed E-state index contributed by atoms with van der Waals surface area (Å²) in [6.07, 6.45) is 1.44. The maximum absolute atomic E-state index is 15.5. The molecule has 2 aromatic carbocycles. The molecule has 1 saturated heterocycles. The van der Waals surface area contributed by atoms with Gasteiger partial charge in [0.25, 0.3) is 0 Å². The fourth-order valence-electron chi connectivity index (χ4n) is 5.91. The summed E-state index contributed by atoms with van der Waals surface area (Å²) in [6, 6.07) is 7.42. The third-order valence-electron chi connectivity index (χ3n) is 7.92. The first kappa shape index (κ1) is 30.6. The highest BCUT2D eigenvalue weighted by atomic mass is 19.1. The number of fused-ring (bicyclic) bond motifs is 1. The van der Waals surface area contributed by atoms with Gasteiger partial charge in [-0.1, -0.05) is 44.2 Å². The van der Waals surface area contributed by atoms with Crippen LogP contribution in [0.5, 0.6) is 0 Å². The van der Waals surface area contributed by atoms with E-state index in [-0.39, 0.29) is 56.0 Å². The van der Waals surface area contributed by atoms with E-state index in [0.29, 0.717) is 18.9 Å². The minimum absolute atomic E-state index is 0.0137. The molecular weight excluding hydrogens is 532 g/mol. The van der Waals surface area contributed by atoms with E-state index in [0.717, 1.165) is 17.2 Å². The second-order valence-electron chi connectivity index (χ2n) is 11.2. The molecule has 0 aromatic heterocycles. The van der Waals surface area contributed by atoms with Gasteiger partial charge in [-0.2, -0.15) is 0 Å². The van der Waals surface area contributed by atoms with Crippen molar-refractivity contribution in [3.8, 4) is 0 Å². The number of benzene rings is 2. The van der Waals surface area contributed by atoms with Crippen LogP contribution in [-0.4, -0.2) is 80.1 Å². The van der Waals surface area contributed by atoms with E-state index in [1.807, 2.05) is 38.1 Å². The topological polar surface area (TPSA) is 88.2 Å². The van der Waals surface area contributed by atoms with Gasteiger partial charge < -0.3 is 24.6 Å². The molecule has 10 heteroatoms.